The lowest BCUT2D eigenvalue weighted by molar-refractivity contribution is -0.137. The minimum absolute atomic E-state index is 0.204. The van der Waals surface area contributed by atoms with Gasteiger partial charge in [0.05, 0.1) is 12.2 Å². The van der Waals surface area contributed by atoms with Gasteiger partial charge in [0, 0.05) is 6.42 Å². The lowest BCUT2D eigenvalue weighted by atomic mass is 10.1. The number of carboxylic acid groups (broad SMARTS) is 1. The van der Waals surface area contributed by atoms with Crippen LogP contribution in [0.3, 0.4) is 0 Å². The van der Waals surface area contributed by atoms with Gasteiger partial charge in [0.2, 0.25) is 0 Å². The van der Waals surface area contributed by atoms with Crippen LogP contribution in [-0.4, -0.2) is 55.9 Å². The molecule has 5 N–H and O–H groups in total. The van der Waals surface area contributed by atoms with Gasteiger partial charge in [-0.05, 0) is 19.3 Å². The Morgan fingerprint density at radius 1 is 0.792 bits per heavy atom. The molecular weight excluding hydrogens is 312 g/mol. The van der Waals surface area contributed by atoms with Gasteiger partial charge in [-0.3, -0.25) is 4.79 Å². The number of hydrogen-bond donors (Lipinski definition) is 5. The molecule has 0 aliphatic carbocycles. The van der Waals surface area contributed by atoms with Crippen LogP contribution in [0.4, 0.5) is 0 Å². The van der Waals surface area contributed by atoms with Crippen LogP contribution in [0.15, 0.2) is 24.3 Å². The lowest BCUT2D eigenvalue weighted by Crippen LogP contribution is -2.22. The Bertz CT molecular complexity index is 380. The maximum absolute atomic E-state index is 10.3. The molecule has 140 valence electrons. The average Bonchev–Trinajstić information content (AvgIpc) is 2.55. The Hall–Kier alpha value is -1.21. The third-order valence-electron chi connectivity index (χ3n) is 3.72. The number of rotatable bonds is 14. The predicted octanol–water partition coefficient (Wildman–Crippen LogP) is 1.77. The topological polar surface area (TPSA) is 118 Å². The summed E-state index contributed by atoms with van der Waals surface area (Å²) in [4.78, 5) is 10.3. The van der Waals surface area contributed by atoms with Crippen LogP contribution in [0.2, 0.25) is 0 Å². The number of hydrogen-bond acceptors (Lipinski definition) is 5. The van der Waals surface area contributed by atoms with E-state index in [-0.39, 0.29) is 6.42 Å². The van der Waals surface area contributed by atoms with Crippen LogP contribution in [0.1, 0.15) is 58.3 Å². The second kappa shape index (κ2) is 14.2. The quantitative estimate of drug-likeness (QED) is 0.242. The van der Waals surface area contributed by atoms with E-state index in [1.165, 1.54) is 24.3 Å². The molecule has 0 saturated heterocycles. The molecule has 0 radical (unpaired) electrons. The van der Waals surface area contributed by atoms with Crippen molar-refractivity contribution in [2.24, 2.45) is 0 Å². The Balaban J connectivity index is 3.84. The van der Waals surface area contributed by atoms with E-state index in [1.54, 1.807) is 6.92 Å². The van der Waals surface area contributed by atoms with Gasteiger partial charge in [-0.2, -0.15) is 0 Å². The highest BCUT2D eigenvalue weighted by atomic mass is 16.4. The molecule has 4 atom stereocenters. The normalized spacial score (nSPS) is 17.2. The fourth-order valence-corrected chi connectivity index (χ4v) is 2.10. The highest BCUT2D eigenvalue weighted by molar-refractivity contribution is 5.66. The van der Waals surface area contributed by atoms with Crippen molar-refractivity contribution in [3.8, 4) is 0 Å². The van der Waals surface area contributed by atoms with Crippen molar-refractivity contribution in [2.75, 3.05) is 0 Å². The number of aliphatic hydroxyl groups excluding tert-OH is 4. The first kappa shape index (κ1) is 22.8. The van der Waals surface area contributed by atoms with E-state index >= 15 is 0 Å². The summed E-state index contributed by atoms with van der Waals surface area (Å²) in [6, 6.07) is 0. The van der Waals surface area contributed by atoms with Crippen LogP contribution in [-0.2, 0) is 4.79 Å². The minimum Gasteiger partial charge on any atom is -0.481 e. The van der Waals surface area contributed by atoms with Crippen LogP contribution in [0.25, 0.3) is 0 Å². The van der Waals surface area contributed by atoms with Crippen LogP contribution in [0, 0.1) is 0 Å². The summed E-state index contributed by atoms with van der Waals surface area (Å²) in [5.41, 5.74) is 0. The average molecular weight is 344 g/mol. The third-order valence-corrected chi connectivity index (χ3v) is 3.72. The first-order valence-corrected chi connectivity index (χ1v) is 8.67. The molecule has 6 nitrogen and oxygen atoms in total. The molecule has 0 aromatic carbocycles. The summed E-state index contributed by atoms with van der Waals surface area (Å²) < 4.78 is 0. The van der Waals surface area contributed by atoms with E-state index in [2.05, 4.69) is 0 Å². The SMILES string of the molecule is CC[C@@H](O)/C=C/[C@H](O)[C@@H](O)/C=C/[C@@H](O)CCCCCCCC(=O)O. The molecule has 24 heavy (non-hydrogen) atoms. The number of carboxylic acids is 1. The van der Waals surface area contributed by atoms with Gasteiger partial charge in [0.15, 0.2) is 0 Å². The Morgan fingerprint density at radius 3 is 1.83 bits per heavy atom. The molecule has 0 saturated carbocycles. The largest absolute Gasteiger partial charge is 0.481 e. The molecule has 0 unspecified atom stereocenters. The van der Waals surface area contributed by atoms with E-state index < -0.39 is 30.4 Å². The highest BCUT2D eigenvalue weighted by Gasteiger charge is 2.10. The molecule has 0 fully saturated rings. The molecule has 0 aromatic rings. The highest BCUT2D eigenvalue weighted by Crippen LogP contribution is 2.10. The number of unbranched alkanes of at least 4 members (excludes halogenated alkanes) is 4. The summed E-state index contributed by atoms with van der Waals surface area (Å²) in [6.45, 7) is 1.81. The Kier molecular flexibility index (Phi) is 13.4. The molecule has 0 heterocycles. The van der Waals surface area contributed by atoms with Gasteiger partial charge in [-0.25, -0.2) is 0 Å². The van der Waals surface area contributed by atoms with E-state index in [1.807, 2.05) is 0 Å². The van der Waals surface area contributed by atoms with Gasteiger partial charge in [-0.1, -0.05) is 56.9 Å². The van der Waals surface area contributed by atoms with Crippen molar-refractivity contribution in [1.29, 1.82) is 0 Å². The van der Waals surface area contributed by atoms with Crippen molar-refractivity contribution in [1.82, 2.24) is 0 Å². The zero-order valence-corrected chi connectivity index (χ0v) is 14.4. The molecule has 0 spiro atoms. The van der Waals surface area contributed by atoms with E-state index in [0.29, 0.717) is 19.3 Å². The van der Waals surface area contributed by atoms with Gasteiger partial charge < -0.3 is 25.5 Å². The summed E-state index contributed by atoms with van der Waals surface area (Å²) >= 11 is 0. The second-order valence-corrected chi connectivity index (χ2v) is 5.99. The van der Waals surface area contributed by atoms with Crippen molar-refractivity contribution in [3.05, 3.63) is 24.3 Å². The molecule has 0 amide bonds. The predicted molar refractivity (Wildman–Crippen MR) is 92.6 cm³/mol. The molecular formula is C18H32O6. The standard InChI is InChI=1S/C18H32O6/c1-2-14(19)10-12-16(21)17(22)13-11-15(20)8-6-4-3-5-7-9-18(23)24/h10-17,19-22H,2-9H2,1H3,(H,23,24)/b12-10+,13-11+/t14-,15+,16+,17+/m1/s1. The fraction of sp³-hybridized carbons (Fsp3) is 0.722. The van der Waals surface area contributed by atoms with Gasteiger partial charge in [0.1, 0.15) is 12.2 Å². The molecule has 0 bridgehead atoms. The number of carbonyl (C=O) groups is 1. The summed E-state index contributed by atoms with van der Waals surface area (Å²) in [5.74, 6) is -0.768. The summed E-state index contributed by atoms with van der Waals surface area (Å²) in [7, 11) is 0. The third kappa shape index (κ3) is 13.2. The Labute approximate surface area is 144 Å². The number of aliphatic carboxylic acids is 1. The molecule has 0 aliphatic rings. The zero-order valence-electron chi connectivity index (χ0n) is 14.4. The smallest absolute Gasteiger partial charge is 0.303 e. The van der Waals surface area contributed by atoms with E-state index in [4.69, 9.17) is 5.11 Å². The summed E-state index contributed by atoms with van der Waals surface area (Å²) in [6.07, 6.45) is 7.54. The van der Waals surface area contributed by atoms with Crippen molar-refractivity contribution >= 4 is 5.97 Å². The van der Waals surface area contributed by atoms with Crippen molar-refractivity contribution in [3.63, 3.8) is 0 Å². The van der Waals surface area contributed by atoms with Crippen LogP contribution in [0.5, 0.6) is 0 Å². The Morgan fingerprint density at radius 2 is 1.29 bits per heavy atom. The number of aliphatic hydroxyl groups is 4. The summed E-state index contributed by atoms with van der Waals surface area (Å²) in [5, 5.41) is 47.1. The molecule has 0 aliphatic heterocycles. The van der Waals surface area contributed by atoms with Crippen LogP contribution >= 0.6 is 0 Å². The first-order chi connectivity index (χ1) is 11.4. The molecule has 6 heteroatoms. The lowest BCUT2D eigenvalue weighted by Gasteiger charge is -2.12. The van der Waals surface area contributed by atoms with Gasteiger partial charge >= 0.3 is 5.97 Å². The van der Waals surface area contributed by atoms with E-state index in [9.17, 15) is 25.2 Å². The monoisotopic (exact) mass is 344 g/mol. The maximum atomic E-state index is 10.3. The van der Waals surface area contributed by atoms with Crippen molar-refractivity contribution < 1.29 is 30.3 Å². The first-order valence-electron chi connectivity index (χ1n) is 8.67. The molecule has 0 aromatic heterocycles. The minimum atomic E-state index is -1.13. The van der Waals surface area contributed by atoms with Gasteiger partial charge in [-0.15, -0.1) is 0 Å². The second-order valence-electron chi connectivity index (χ2n) is 5.99. The van der Waals surface area contributed by atoms with Gasteiger partial charge in [0.25, 0.3) is 0 Å². The molecule has 0 rings (SSSR count). The maximum Gasteiger partial charge on any atom is 0.303 e. The van der Waals surface area contributed by atoms with Crippen molar-refractivity contribution in [2.45, 2.75) is 82.7 Å². The fourth-order valence-electron chi connectivity index (χ4n) is 2.10. The zero-order chi connectivity index (χ0) is 18.4. The van der Waals surface area contributed by atoms with Crippen LogP contribution < -0.4 is 0 Å². The van der Waals surface area contributed by atoms with E-state index in [0.717, 1.165) is 25.7 Å².